The van der Waals surface area contributed by atoms with Gasteiger partial charge in [0, 0.05) is 12.1 Å². The van der Waals surface area contributed by atoms with Gasteiger partial charge in [0.25, 0.3) is 0 Å². The molecule has 0 spiro atoms. The molecule has 2 N–H and O–H groups in total. The highest BCUT2D eigenvalue weighted by Crippen LogP contribution is 2.32. The van der Waals surface area contributed by atoms with Crippen LogP contribution in [-0.2, 0) is 0 Å². The number of nitrogen functional groups attached to an aromatic ring is 1. The van der Waals surface area contributed by atoms with Gasteiger partial charge in [-0.15, -0.1) is 11.3 Å². The summed E-state index contributed by atoms with van der Waals surface area (Å²) < 4.78 is 32.2. The highest BCUT2D eigenvalue weighted by atomic mass is 32.1. The van der Waals surface area contributed by atoms with Gasteiger partial charge in [-0.3, -0.25) is 0 Å². The van der Waals surface area contributed by atoms with Crippen molar-refractivity contribution in [3.8, 4) is 11.6 Å². The summed E-state index contributed by atoms with van der Waals surface area (Å²) in [6, 6.07) is 3.52. The van der Waals surface area contributed by atoms with Crippen LogP contribution in [-0.4, -0.2) is 9.97 Å². The van der Waals surface area contributed by atoms with Crippen LogP contribution < -0.4 is 10.5 Å². The Bertz CT molecular complexity index is 760. The zero-order valence-corrected chi connectivity index (χ0v) is 10.2. The summed E-state index contributed by atoms with van der Waals surface area (Å²) in [7, 11) is 0. The molecule has 3 rings (SSSR count). The Morgan fingerprint density at radius 2 is 2.00 bits per heavy atom. The normalized spacial score (nSPS) is 10.8. The van der Waals surface area contributed by atoms with Crippen LogP contribution in [0.1, 0.15) is 0 Å². The first-order valence-electron chi connectivity index (χ1n) is 5.26. The molecule has 4 nitrogen and oxygen atoms in total. The van der Waals surface area contributed by atoms with Crippen LogP contribution >= 0.6 is 11.3 Å². The van der Waals surface area contributed by atoms with Crippen molar-refractivity contribution < 1.29 is 13.5 Å². The SMILES string of the molecule is Nc1cc(F)c(Oc2ncnc3sccc23)cc1F. The molecule has 0 bridgehead atoms. The third-order valence-corrected chi connectivity index (χ3v) is 3.30. The third kappa shape index (κ3) is 2.08. The van der Waals surface area contributed by atoms with Crippen LogP contribution in [0.15, 0.2) is 29.9 Å². The summed E-state index contributed by atoms with van der Waals surface area (Å²) in [5, 5.41) is 2.45. The lowest BCUT2D eigenvalue weighted by atomic mass is 10.3. The van der Waals surface area contributed by atoms with Gasteiger partial charge in [-0.25, -0.2) is 18.7 Å². The van der Waals surface area contributed by atoms with Crippen molar-refractivity contribution in [1.82, 2.24) is 9.97 Å². The molecule has 3 aromatic rings. The molecular weight excluding hydrogens is 272 g/mol. The first-order valence-corrected chi connectivity index (χ1v) is 6.13. The second kappa shape index (κ2) is 4.43. The maximum absolute atomic E-state index is 13.6. The van der Waals surface area contributed by atoms with Crippen molar-refractivity contribution in [2.24, 2.45) is 0 Å². The Morgan fingerprint density at radius 1 is 1.16 bits per heavy atom. The average molecular weight is 279 g/mol. The van der Waals surface area contributed by atoms with E-state index in [1.165, 1.54) is 17.7 Å². The zero-order chi connectivity index (χ0) is 13.4. The second-order valence-corrected chi connectivity index (χ2v) is 4.62. The van der Waals surface area contributed by atoms with Gasteiger partial charge in [0.05, 0.1) is 11.1 Å². The van der Waals surface area contributed by atoms with Gasteiger partial charge in [-0.05, 0) is 11.4 Å². The number of fused-ring (bicyclic) bond motifs is 1. The van der Waals surface area contributed by atoms with E-state index in [2.05, 4.69) is 9.97 Å². The molecular formula is C12H7F2N3OS. The molecule has 0 fully saturated rings. The lowest BCUT2D eigenvalue weighted by Crippen LogP contribution is -1.97. The fourth-order valence-corrected chi connectivity index (χ4v) is 2.30. The molecule has 0 aliphatic rings. The predicted octanol–water partition coefficient (Wildman–Crippen LogP) is 3.34. The molecule has 1 aromatic carbocycles. The Labute approximate surface area is 110 Å². The minimum absolute atomic E-state index is 0.175. The molecule has 2 heterocycles. The maximum atomic E-state index is 13.6. The molecule has 96 valence electrons. The maximum Gasteiger partial charge on any atom is 0.231 e. The van der Waals surface area contributed by atoms with Crippen molar-refractivity contribution in [3.05, 3.63) is 41.5 Å². The smallest absolute Gasteiger partial charge is 0.231 e. The van der Waals surface area contributed by atoms with Gasteiger partial charge in [-0.1, -0.05) is 0 Å². The molecule has 0 saturated heterocycles. The monoisotopic (exact) mass is 279 g/mol. The Morgan fingerprint density at radius 3 is 2.84 bits per heavy atom. The van der Waals surface area contributed by atoms with Crippen LogP contribution in [0, 0.1) is 11.6 Å². The summed E-state index contributed by atoms with van der Waals surface area (Å²) in [4.78, 5) is 8.67. The van der Waals surface area contributed by atoms with Gasteiger partial charge in [0.15, 0.2) is 11.6 Å². The molecule has 0 amide bonds. The number of nitrogens with two attached hydrogens (primary N) is 1. The predicted molar refractivity (Wildman–Crippen MR) is 68.3 cm³/mol. The van der Waals surface area contributed by atoms with Crippen LogP contribution in [0.2, 0.25) is 0 Å². The summed E-state index contributed by atoms with van der Waals surface area (Å²) in [6.45, 7) is 0. The number of nitrogens with zero attached hydrogens (tertiary/aromatic N) is 2. The van der Waals surface area contributed by atoms with Crippen LogP contribution in [0.3, 0.4) is 0 Å². The van der Waals surface area contributed by atoms with E-state index in [1.54, 1.807) is 6.07 Å². The van der Waals surface area contributed by atoms with E-state index in [0.717, 1.165) is 12.1 Å². The number of anilines is 1. The van der Waals surface area contributed by atoms with E-state index >= 15 is 0 Å². The van der Waals surface area contributed by atoms with Crippen molar-refractivity contribution in [1.29, 1.82) is 0 Å². The molecule has 0 saturated carbocycles. The first kappa shape index (κ1) is 11.8. The first-order chi connectivity index (χ1) is 9.15. The minimum atomic E-state index is -0.749. The second-order valence-electron chi connectivity index (χ2n) is 3.72. The van der Waals surface area contributed by atoms with Gasteiger partial charge >= 0.3 is 0 Å². The lowest BCUT2D eigenvalue weighted by Gasteiger charge is -2.07. The molecule has 0 aliphatic carbocycles. The van der Waals surface area contributed by atoms with Crippen LogP contribution in [0.25, 0.3) is 10.2 Å². The molecule has 0 atom stereocenters. The third-order valence-electron chi connectivity index (χ3n) is 2.48. The van der Waals surface area contributed by atoms with E-state index in [1.807, 2.05) is 5.38 Å². The number of hydrogen-bond acceptors (Lipinski definition) is 5. The number of thiophene rings is 1. The van der Waals surface area contributed by atoms with Crippen LogP contribution in [0.5, 0.6) is 11.6 Å². The zero-order valence-electron chi connectivity index (χ0n) is 9.43. The number of aromatic nitrogens is 2. The van der Waals surface area contributed by atoms with E-state index in [9.17, 15) is 8.78 Å². The standard InChI is InChI=1S/C12H7F2N3OS/c13-7-4-10(8(14)3-9(7)15)18-11-6-1-2-19-12(6)17-5-16-11/h1-5H,15H2. The van der Waals surface area contributed by atoms with E-state index < -0.39 is 11.6 Å². The summed E-state index contributed by atoms with van der Waals surface area (Å²) >= 11 is 1.40. The Kier molecular flexibility index (Phi) is 2.75. The van der Waals surface area contributed by atoms with Gasteiger partial charge in [0.2, 0.25) is 5.88 Å². The topological polar surface area (TPSA) is 61.0 Å². The summed E-state index contributed by atoms with van der Waals surface area (Å²) in [5.74, 6) is -1.58. The highest BCUT2D eigenvalue weighted by Gasteiger charge is 2.13. The van der Waals surface area contributed by atoms with E-state index in [4.69, 9.17) is 10.5 Å². The van der Waals surface area contributed by atoms with E-state index in [0.29, 0.717) is 10.2 Å². The fourth-order valence-electron chi connectivity index (χ4n) is 1.57. The van der Waals surface area contributed by atoms with Crippen molar-refractivity contribution in [2.75, 3.05) is 5.73 Å². The molecule has 19 heavy (non-hydrogen) atoms. The average Bonchev–Trinajstić information content (AvgIpc) is 2.85. The minimum Gasteiger partial charge on any atom is -0.435 e. The number of halogens is 2. The molecule has 2 aromatic heterocycles. The molecule has 0 unspecified atom stereocenters. The van der Waals surface area contributed by atoms with Crippen LogP contribution in [0.4, 0.5) is 14.5 Å². The fraction of sp³-hybridized carbons (Fsp3) is 0. The molecule has 7 heteroatoms. The van der Waals surface area contributed by atoms with Crippen molar-refractivity contribution in [3.63, 3.8) is 0 Å². The van der Waals surface area contributed by atoms with Crippen molar-refractivity contribution >= 4 is 27.2 Å². The summed E-state index contributed by atoms with van der Waals surface area (Å²) in [5.41, 5.74) is 4.99. The number of benzene rings is 1. The van der Waals surface area contributed by atoms with Gasteiger partial charge in [-0.2, -0.15) is 0 Å². The quantitative estimate of drug-likeness (QED) is 0.731. The van der Waals surface area contributed by atoms with Crippen molar-refractivity contribution in [2.45, 2.75) is 0 Å². The number of rotatable bonds is 2. The number of ether oxygens (including phenoxy) is 1. The Hall–Kier alpha value is -2.28. The molecule has 0 radical (unpaired) electrons. The van der Waals surface area contributed by atoms with E-state index in [-0.39, 0.29) is 17.3 Å². The lowest BCUT2D eigenvalue weighted by molar-refractivity contribution is 0.427. The summed E-state index contributed by atoms with van der Waals surface area (Å²) in [6.07, 6.45) is 1.31. The van der Waals surface area contributed by atoms with Gasteiger partial charge in [0.1, 0.15) is 17.0 Å². The van der Waals surface area contributed by atoms with Gasteiger partial charge < -0.3 is 10.5 Å². The largest absolute Gasteiger partial charge is 0.435 e. The number of hydrogen-bond donors (Lipinski definition) is 1. The Balaban J connectivity index is 2.06. The molecule has 0 aliphatic heterocycles. The highest BCUT2D eigenvalue weighted by molar-refractivity contribution is 7.16.